The molecule has 2 heterocycles. The average Bonchev–Trinajstić information content (AvgIpc) is 2.57. The Labute approximate surface area is 139 Å². The number of ether oxygens (including phenoxy) is 1. The van der Waals surface area contributed by atoms with Crippen molar-refractivity contribution in [3.05, 3.63) is 24.3 Å². The summed E-state index contributed by atoms with van der Waals surface area (Å²) in [6.45, 7) is 7.41. The standard InChI is InChI=1S/C18H28N2OS/c1-15-6-10-19(11-7-15)16-8-12-20(13-9-16)22-18-5-3-4-17(14-18)21-2/h3-5,14-16H,6-13H2,1-2H3. The minimum Gasteiger partial charge on any atom is -0.497 e. The predicted octanol–water partition coefficient (Wildman–Crippen LogP) is 3.90. The molecule has 0 saturated carbocycles. The molecule has 0 spiro atoms. The van der Waals surface area contributed by atoms with Gasteiger partial charge < -0.3 is 9.64 Å². The predicted molar refractivity (Wildman–Crippen MR) is 93.4 cm³/mol. The Morgan fingerprint density at radius 3 is 2.45 bits per heavy atom. The van der Waals surface area contributed by atoms with Crippen LogP contribution in [0.4, 0.5) is 0 Å². The molecule has 1 aromatic carbocycles. The summed E-state index contributed by atoms with van der Waals surface area (Å²) in [6, 6.07) is 9.19. The molecule has 0 aromatic heterocycles. The molecular weight excluding hydrogens is 292 g/mol. The van der Waals surface area contributed by atoms with Crippen molar-refractivity contribution in [1.29, 1.82) is 0 Å². The molecule has 122 valence electrons. The van der Waals surface area contributed by atoms with Crippen LogP contribution in [0.5, 0.6) is 5.75 Å². The van der Waals surface area contributed by atoms with E-state index in [1.807, 2.05) is 18.0 Å². The Morgan fingerprint density at radius 2 is 1.77 bits per heavy atom. The Balaban J connectivity index is 1.47. The highest BCUT2D eigenvalue weighted by Crippen LogP contribution is 2.30. The molecular formula is C18H28N2OS. The van der Waals surface area contributed by atoms with Crippen molar-refractivity contribution < 1.29 is 4.74 Å². The summed E-state index contributed by atoms with van der Waals surface area (Å²) < 4.78 is 7.82. The maximum Gasteiger partial charge on any atom is 0.120 e. The zero-order chi connectivity index (χ0) is 15.4. The zero-order valence-electron chi connectivity index (χ0n) is 13.8. The van der Waals surface area contributed by atoms with Gasteiger partial charge in [-0.05, 0) is 74.8 Å². The summed E-state index contributed by atoms with van der Waals surface area (Å²) in [5, 5.41) is 0. The van der Waals surface area contributed by atoms with Crippen molar-refractivity contribution in [2.45, 2.75) is 43.5 Å². The van der Waals surface area contributed by atoms with Crippen LogP contribution in [0.15, 0.2) is 29.2 Å². The molecule has 0 radical (unpaired) electrons. The first kappa shape index (κ1) is 16.2. The van der Waals surface area contributed by atoms with Crippen LogP contribution < -0.4 is 4.74 Å². The van der Waals surface area contributed by atoms with E-state index < -0.39 is 0 Å². The highest BCUT2D eigenvalue weighted by molar-refractivity contribution is 7.97. The second-order valence-corrected chi connectivity index (χ2v) is 7.82. The summed E-state index contributed by atoms with van der Waals surface area (Å²) in [5.41, 5.74) is 0. The van der Waals surface area contributed by atoms with Gasteiger partial charge in [-0.3, -0.25) is 0 Å². The molecule has 0 bridgehead atoms. The van der Waals surface area contributed by atoms with Gasteiger partial charge in [-0.1, -0.05) is 13.0 Å². The fraction of sp³-hybridized carbons (Fsp3) is 0.667. The van der Waals surface area contributed by atoms with Gasteiger partial charge in [0.1, 0.15) is 5.75 Å². The Kier molecular flexibility index (Phi) is 5.66. The Hall–Kier alpha value is -0.710. The third-order valence-corrected chi connectivity index (χ3v) is 6.12. The first-order valence-corrected chi connectivity index (χ1v) is 9.33. The minimum atomic E-state index is 0.814. The molecule has 0 amide bonds. The molecule has 0 N–H and O–H groups in total. The van der Waals surface area contributed by atoms with Gasteiger partial charge in [-0.15, -0.1) is 0 Å². The Morgan fingerprint density at radius 1 is 1.05 bits per heavy atom. The summed E-state index contributed by atoms with van der Waals surface area (Å²) in [7, 11) is 1.73. The van der Waals surface area contributed by atoms with Crippen LogP contribution in [0.3, 0.4) is 0 Å². The van der Waals surface area contributed by atoms with E-state index in [1.54, 1.807) is 7.11 Å². The van der Waals surface area contributed by atoms with Crippen molar-refractivity contribution in [3.63, 3.8) is 0 Å². The molecule has 2 aliphatic rings. The van der Waals surface area contributed by atoms with E-state index in [-0.39, 0.29) is 0 Å². The van der Waals surface area contributed by atoms with E-state index in [0.29, 0.717) is 0 Å². The van der Waals surface area contributed by atoms with Crippen LogP contribution in [0.2, 0.25) is 0 Å². The molecule has 3 rings (SSSR count). The highest BCUT2D eigenvalue weighted by Gasteiger charge is 2.27. The summed E-state index contributed by atoms with van der Waals surface area (Å²) in [6.07, 6.45) is 5.40. The molecule has 1 aromatic rings. The van der Waals surface area contributed by atoms with Crippen molar-refractivity contribution in [3.8, 4) is 5.75 Å². The number of methoxy groups -OCH3 is 1. The third kappa shape index (κ3) is 4.18. The number of nitrogens with zero attached hydrogens (tertiary/aromatic N) is 2. The van der Waals surface area contributed by atoms with E-state index in [9.17, 15) is 0 Å². The maximum atomic E-state index is 5.31. The fourth-order valence-corrected chi connectivity index (χ4v) is 4.50. The smallest absolute Gasteiger partial charge is 0.120 e. The van der Waals surface area contributed by atoms with Crippen molar-refractivity contribution in [2.75, 3.05) is 33.3 Å². The second kappa shape index (κ2) is 7.71. The van der Waals surface area contributed by atoms with Gasteiger partial charge in [-0.2, -0.15) is 0 Å². The summed E-state index contributed by atoms with van der Waals surface area (Å²) >= 11 is 1.88. The number of hydrogen-bond acceptors (Lipinski definition) is 4. The first-order valence-electron chi connectivity index (χ1n) is 8.55. The SMILES string of the molecule is COc1cccc(SN2CCC(N3CCC(C)CC3)CC2)c1. The molecule has 22 heavy (non-hydrogen) atoms. The van der Waals surface area contributed by atoms with E-state index in [0.717, 1.165) is 17.7 Å². The van der Waals surface area contributed by atoms with E-state index in [2.05, 4.69) is 34.3 Å². The lowest BCUT2D eigenvalue weighted by Crippen LogP contribution is -2.46. The van der Waals surface area contributed by atoms with Gasteiger partial charge in [0.2, 0.25) is 0 Å². The fourth-order valence-electron chi connectivity index (χ4n) is 3.50. The first-order chi connectivity index (χ1) is 10.7. The highest BCUT2D eigenvalue weighted by atomic mass is 32.2. The average molecular weight is 321 g/mol. The van der Waals surface area contributed by atoms with Gasteiger partial charge in [0.05, 0.1) is 7.11 Å². The van der Waals surface area contributed by atoms with Gasteiger partial charge >= 0.3 is 0 Å². The second-order valence-electron chi connectivity index (χ2n) is 6.65. The number of benzene rings is 1. The van der Waals surface area contributed by atoms with Gasteiger partial charge in [0, 0.05) is 24.0 Å². The summed E-state index contributed by atoms with van der Waals surface area (Å²) in [5.74, 6) is 1.88. The van der Waals surface area contributed by atoms with Gasteiger partial charge in [-0.25, -0.2) is 4.31 Å². The normalized spacial score (nSPS) is 22.8. The number of likely N-dealkylation sites (tertiary alicyclic amines) is 1. The maximum absolute atomic E-state index is 5.31. The number of hydrogen-bond donors (Lipinski definition) is 0. The van der Waals surface area contributed by atoms with Crippen molar-refractivity contribution in [2.24, 2.45) is 5.92 Å². The molecule has 2 saturated heterocycles. The van der Waals surface area contributed by atoms with Crippen LogP contribution in [0, 0.1) is 5.92 Å². The topological polar surface area (TPSA) is 15.7 Å². The van der Waals surface area contributed by atoms with Crippen LogP contribution in [-0.2, 0) is 0 Å². The number of piperidine rings is 2. The Bertz CT molecular complexity index is 466. The largest absolute Gasteiger partial charge is 0.497 e. The van der Waals surface area contributed by atoms with Crippen LogP contribution in [0.25, 0.3) is 0 Å². The molecule has 0 atom stereocenters. The van der Waals surface area contributed by atoms with Crippen LogP contribution in [0.1, 0.15) is 32.6 Å². The van der Waals surface area contributed by atoms with Gasteiger partial charge in [0.15, 0.2) is 0 Å². The van der Waals surface area contributed by atoms with E-state index >= 15 is 0 Å². The summed E-state index contributed by atoms with van der Waals surface area (Å²) in [4.78, 5) is 4.03. The lowest BCUT2D eigenvalue weighted by atomic mass is 9.95. The van der Waals surface area contributed by atoms with Crippen molar-refractivity contribution in [1.82, 2.24) is 9.21 Å². The van der Waals surface area contributed by atoms with E-state index in [1.165, 1.54) is 56.8 Å². The molecule has 0 aliphatic carbocycles. The molecule has 4 heteroatoms. The number of rotatable bonds is 4. The third-order valence-electron chi connectivity index (χ3n) is 5.03. The molecule has 3 nitrogen and oxygen atoms in total. The molecule has 2 aliphatic heterocycles. The van der Waals surface area contributed by atoms with Gasteiger partial charge in [0.25, 0.3) is 0 Å². The van der Waals surface area contributed by atoms with Crippen LogP contribution in [-0.4, -0.2) is 48.5 Å². The lowest BCUT2D eigenvalue weighted by molar-refractivity contribution is 0.103. The molecule has 2 fully saturated rings. The monoisotopic (exact) mass is 320 g/mol. The zero-order valence-corrected chi connectivity index (χ0v) is 14.6. The van der Waals surface area contributed by atoms with Crippen molar-refractivity contribution >= 4 is 11.9 Å². The van der Waals surface area contributed by atoms with E-state index in [4.69, 9.17) is 4.74 Å². The quantitative estimate of drug-likeness (QED) is 0.782. The minimum absolute atomic E-state index is 0.814. The van der Waals surface area contributed by atoms with Crippen LogP contribution >= 0.6 is 11.9 Å². The molecule has 0 unspecified atom stereocenters. The lowest BCUT2D eigenvalue weighted by Gasteiger charge is -2.41.